The molecule has 2 aromatic heterocycles. The Morgan fingerprint density at radius 3 is 2.60 bits per heavy atom. The number of furan rings is 1. The summed E-state index contributed by atoms with van der Waals surface area (Å²) in [6.07, 6.45) is 0. The number of hydrogen-bond acceptors (Lipinski definition) is 1. The van der Waals surface area contributed by atoms with Gasteiger partial charge in [-0.25, -0.2) is 9.13 Å². The molecule has 0 saturated heterocycles. The van der Waals surface area contributed by atoms with Gasteiger partial charge in [-0.15, -0.1) is 0 Å². The Balaban J connectivity index is 2.22. The molecule has 0 radical (unpaired) electrons. The molecule has 3 heterocycles. The first-order valence-electron chi connectivity index (χ1n) is 7.05. The van der Waals surface area contributed by atoms with Crippen molar-refractivity contribution < 1.29 is 8.98 Å². The van der Waals surface area contributed by atoms with Crippen LogP contribution in [-0.2, 0) is 12.6 Å². The van der Waals surface area contributed by atoms with Crippen LogP contribution in [0.2, 0.25) is 0 Å². The molecule has 0 amide bonds. The summed E-state index contributed by atoms with van der Waals surface area (Å²) in [5.74, 6) is 2.20. The summed E-state index contributed by atoms with van der Waals surface area (Å²) in [6, 6.07) is 8.33. The predicted octanol–water partition coefficient (Wildman–Crippen LogP) is 3.44. The molecule has 1 aliphatic rings. The average Bonchev–Trinajstić information content (AvgIpc) is 2.97. The lowest BCUT2D eigenvalue weighted by Gasteiger charge is -2.18. The second kappa shape index (κ2) is 3.35. The number of hydrogen-bond donors (Lipinski definition) is 0. The Kier molecular flexibility index (Phi) is 1.97. The van der Waals surface area contributed by atoms with Crippen LogP contribution in [-0.4, -0.2) is 4.57 Å². The Bertz CT molecular complexity index is 865. The van der Waals surface area contributed by atoms with Crippen LogP contribution in [0.25, 0.3) is 22.6 Å². The summed E-state index contributed by atoms with van der Waals surface area (Å²) in [6.45, 7) is 8.90. The maximum Gasteiger partial charge on any atom is 0.326 e. The third-order valence-electron chi connectivity index (χ3n) is 4.86. The van der Waals surface area contributed by atoms with Crippen molar-refractivity contribution in [2.24, 2.45) is 7.05 Å². The zero-order valence-corrected chi connectivity index (χ0v) is 12.6. The molecule has 3 heteroatoms. The fourth-order valence-electron chi connectivity index (χ4n) is 3.73. The normalized spacial score (nSPS) is 15.7. The standard InChI is InChI=1S/C17H19N2O/c1-10-11(2)19-16(18(10)5)15-14(17(19,3)4)12-8-6-7-9-13(12)20-15/h6-9H,1-5H3/q+1. The third-order valence-corrected chi connectivity index (χ3v) is 4.86. The maximum absolute atomic E-state index is 6.18. The minimum absolute atomic E-state index is 0.0760. The highest BCUT2D eigenvalue weighted by Gasteiger charge is 2.49. The lowest BCUT2D eigenvalue weighted by atomic mass is 9.93. The highest BCUT2D eigenvalue weighted by Crippen LogP contribution is 2.48. The molecule has 20 heavy (non-hydrogen) atoms. The summed E-state index contributed by atoms with van der Waals surface area (Å²) in [7, 11) is 2.12. The molecule has 0 saturated carbocycles. The summed E-state index contributed by atoms with van der Waals surface area (Å²) < 4.78 is 10.8. The maximum atomic E-state index is 6.18. The minimum Gasteiger partial charge on any atom is -0.448 e. The average molecular weight is 267 g/mol. The SMILES string of the molecule is Cc1c(C)[n+](C)c2n1C(C)(C)c1c-2oc2ccccc12. The van der Waals surface area contributed by atoms with Gasteiger partial charge in [-0.3, -0.25) is 0 Å². The number of aromatic nitrogens is 2. The molecular formula is C17H19N2O+. The summed E-state index contributed by atoms with van der Waals surface area (Å²) in [4.78, 5) is 0. The number of para-hydroxylation sites is 1. The van der Waals surface area contributed by atoms with Gasteiger partial charge in [-0.1, -0.05) is 18.2 Å². The van der Waals surface area contributed by atoms with E-state index in [0.29, 0.717) is 0 Å². The van der Waals surface area contributed by atoms with Crippen molar-refractivity contribution in [2.45, 2.75) is 33.2 Å². The zero-order valence-electron chi connectivity index (χ0n) is 12.6. The third kappa shape index (κ3) is 1.10. The van der Waals surface area contributed by atoms with Crippen LogP contribution >= 0.6 is 0 Å². The van der Waals surface area contributed by atoms with Gasteiger partial charge < -0.3 is 4.42 Å². The molecule has 1 aliphatic heterocycles. The van der Waals surface area contributed by atoms with E-state index in [1.807, 2.05) is 6.07 Å². The van der Waals surface area contributed by atoms with Crippen LogP contribution in [0.3, 0.4) is 0 Å². The van der Waals surface area contributed by atoms with Crippen molar-refractivity contribution in [3.05, 3.63) is 41.2 Å². The molecule has 3 aromatic rings. The fraction of sp³-hybridized carbons (Fsp3) is 0.353. The lowest BCUT2D eigenvalue weighted by molar-refractivity contribution is -0.666. The van der Waals surface area contributed by atoms with Crippen LogP contribution in [0, 0.1) is 13.8 Å². The Morgan fingerprint density at radius 2 is 1.85 bits per heavy atom. The van der Waals surface area contributed by atoms with Gasteiger partial charge in [-0.05, 0) is 19.9 Å². The van der Waals surface area contributed by atoms with Gasteiger partial charge in [0.05, 0.1) is 12.6 Å². The Labute approximate surface area is 118 Å². The van der Waals surface area contributed by atoms with Gasteiger partial charge in [0.2, 0.25) is 5.76 Å². The largest absolute Gasteiger partial charge is 0.448 e. The van der Waals surface area contributed by atoms with E-state index in [0.717, 1.165) is 11.3 Å². The van der Waals surface area contributed by atoms with Gasteiger partial charge in [-0.2, -0.15) is 0 Å². The van der Waals surface area contributed by atoms with E-state index in [4.69, 9.17) is 4.42 Å². The molecule has 102 valence electrons. The zero-order chi connectivity index (χ0) is 14.2. The van der Waals surface area contributed by atoms with Gasteiger partial charge >= 0.3 is 5.82 Å². The summed E-state index contributed by atoms with van der Waals surface area (Å²) in [5, 5.41) is 1.23. The van der Waals surface area contributed by atoms with Gasteiger partial charge in [0, 0.05) is 19.2 Å². The fourth-order valence-corrected chi connectivity index (χ4v) is 3.73. The van der Waals surface area contributed by atoms with E-state index in [9.17, 15) is 0 Å². The molecule has 4 rings (SSSR count). The Morgan fingerprint density at radius 1 is 1.15 bits per heavy atom. The van der Waals surface area contributed by atoms with Gasteiger partial charge in [0.25, 0.3) is 0 Å². The van der Waals surface area contributed by atoms with Crippen molar-refractivity contribution in [1.82, 2.24) is 4.57 Å². The van der Waals surface area contributed by atoms with Crippen molar-refractivity contribution in [2.75, 3.05) is 0 Å². The molecule has 0 bridgehead atoms. The molecule has 3 nitrogen and oxygen atoms in total. The smallest absolute Gasteiger partial charge is 0.326 e. The molecule has 0 fully saturated rings. The van der Waals surface area contributed by atoms with Gasteiger partial charge in [0.15, 0.2) is 0 Å². The van der Waals surface area contributed by atoms with Crippen LogP contribution < -0.4 is 4.57 Å². The van der Waals surface area contributed by atoms with Crippen molar-refractivity contribution in [1.29, 1.82) is 0 Å². The first kappa shape index (κ1) is 11.8. The summed E-state index contributed by atoms with van der Waals surface area (Å²) >= 11 is 0. The molecule has 1 aromatic carbocycles. The minimum atomic E-state index is -0.0760. The molecule has 0 unspecified atom stereocenters. The Hall–Kier alpha value is -2.03. The number of nitrogens with zero attached hydrogens (tertiary/aromatic N) is 2. The number of benzene rings is 1. The second-order valence-electron chi connectivity index (χ2n) is 6.25. The number of imidazole rings is 1. The van der Waals surface area contributed by atoms with Crippen molar-refractivity contribution in [3.63, 3.8) is 0 Å². The van der Waals surface area contributed by atoms with Crippen molar-refractivity contribution in [3.8, 4) is 11.6 Å². The topological polar surface area (TPSA) is 21.9 Å². The molecular weight excluding hydrogens is 248 g/mol. The van der Waals surface area contributed by atoms with E-state index in [1.54, 1.807) is 0 Å². The predicted molar refractivity (Wildman–Crippen MR) is 78.7 cm³/mol. The second-order valence-corrected chi connectivity index (χ2v) is 6.25. The molecule has 0 atom stereocenters. The highest BCUT2D eigenvalue weighted by molar-refractivity contribution is 5.89. The van der Waals surface area contributed by atoms with E-state index in [-0.39, 0.29) is 5.54 Å². The van der Waals surface area contributed by atoms with Crippen molar-refractivity contribution >= 4 is 11.0 Å². The van der Waals surface area contributed by atoms with Crippen LogP contribution in [0.4, 0.5) is 0 Å². The molecule has 0 aliphatic carbocycles. The first-order chi connectivity index (χ1) is 9.44. The lowest BCUT2D eigenvalue weighted by Crippen LogP contribution is -2.32. The number of fused-ring (bicyclic) bond motifs is 5. The monoisotopic (exact) mass is 267 g/mol. The summed E-state index contributed by atoms with van der Waals surface area (Å²) in [5.41, 5.74) is 4.81. The van der Waals surface area contributed by atoms with Crippen LogP contribution in [0.1, 0.15) is 30.8 Å². The molecule has 0 spiro atoms. The van der Waals surface area contributed by atoms with Crippen LogP contribution in [0.5, 0.6) is 0 Å². The number of rotatable bonds is 0. The van der Waals surface area contributed by atoms with Crippen LogP contribution in [0.15, 0.2) is 28.7 Å². The van der Waals surface area contributed by atoms with E-state index >= 15 is 0 Å². The molecule has 0 N–H and O–H groups in total. The van der Waals surface area contributed by atoms with E-state index in [1.165, 1.54) is 28.2 Å². The highest BCUT2D eigenvalue weighted by atomic mass is 16.3. The van der Waals surface area contributed by atoms with E-state index < -0.39 is 0 Å². The van der Waals surface area contributed by atoms with E-state index in [2.05, 4.69) is 62.1 Å². The quantitative estimate of drug-likeness (QED) is 0.572. The first-order valence-corrected chi connectivity index (χ1v) is 7.05. The van der Waals surface area contributed by atoms with Gasteiger partial charge in [0.1, 0.15) is 22.5 Å².